The van der Waals surface area contributed by atoms with Gasteiger partial charge in [0.1, 0.15) is 11.4 Å². The number of methoxy groups -OCH3 is 1. The van der Waals surface area contributed by atoms with Gasteiger partial charge in [0.15, 0.2) is 0 Å². The van der Waals surface area contributed by atoms with E-state index in [0.717, 1.165) is 0 Å². The van der Waals surface area contributed by atoms with Gasteiger partial charge in [-0.1, -0.05) is 12.1 Å². The van der Waals surface area contributed by atoms with Crippen molar-refractivity contribution < 1.29 is 13.5 Å². The second kappa shape index (κ2) is 6.61. The van der Waals surface area contributed by atoms with Crippen LogP contribution >= 0.6 is 0 Å². The Morgan fingerprint density at radius 1 is 1.47 bits per heavy atom. The Morgan fingerprint density at radius 3 is 2.65 bits per heavy atom. The van der Waals surface area contributed by atoms with Crippen LogP contribution in [0.4, 0.5) is 8.78 Å². The molecular formula is C10H18F2N4O. The van der Waals surface area contributed by atoms with Crippen molar-refractivity contribution in [3.8, 4) is 0 Å². The van der Waals surface area contributed by atoms with Gasteiger partial charge in [-0.25, -0.2) is 13.5 Å². The summed E-state index contributed by atoms with van der Waals surface area (Å²) in [6.45, 7) is 2.53. The third kappa shape index (κ3) is 3.19. The fourth-order valence-electron chi connectivity index (χ4n) is 1.68. The van der Waals surface area contributed by atoms with Gasteiger partial charge in [0.05, 0.1) is 12.6 Å². The monoisotopic (exact) mass is 248 g/mol. The summed E-state index contributed by atoms with van der Waals surface area (Å²) in [4.78, 5) is 0. The van der Waals surface area contributed by atoms with E-state index in [1.54, 1.807) is 7.05 Å². The van der Waals surface area contributed by atoms with Gasteiger partial charge in [-0.05, 0) is 13.5 Å². The fourth-order valence-corrected chi connectivity index (χ4v) is 1.68. The summed E-state index contributed by atoms with van der Waals surface area (Å²) < 4.78 is 32.3. The molecule has 0 saturated heterocycles. The van der Waals surface area contributed by atoms with Crippen molar-refractivity contribution >= 4 is 0 Å². The largest absolute Gasteiger partial charge is 0.382 e. The number of ether oxygens (including phenoxy) is 1. The highest BCUT2D eigenvalue weighted by atomic mass is 19.3. The summed E-state index contributed by atoms with van der Waals surface area (Å²) >= 11 is 0. The first-order valence-corrected chi connectivity index (χ1v) is 5.51. The lowest BCUT2D eigenvalue weighted by atomic mass is 10.2. The Kier molecular flexibility index (Phi) is 5.43. The maximum absolute atomic E-state index is 13.0. The van der Waals surface area contributed by atoms with Crippen LogP contribution < -0.4 is 5.32 Å². The van der Waals surface area contributed by atoms with Gasteiger partial charge in [0, 0.05) is 13.7 Å². The van der Waals surface area contributed by atoms with Crippen LogP contribution in [-0.4, -0.2) is 35.8 Å². The lowest BCUT2D eigenvalue weighted by Crippen LogP contribution is -2.19. The van der Waals surface area contributed by atoms with E-state index in [-0.39, 0.29) is 24.0 Å². The van der Waals surface area contributed by atoms with E-state index < -0.39 is 6.43 Å². The first-order valence-electron chi connectivity index (χ1n) is 5.51. The van der Waals surface area contributed by atoms with Gasteiger partial charge in [-0.3, -0.25) is 0 Å². The molecule has 0 saturated carbocycles. The van der Waals surface area contributed by atoms with Crippen LogP contribution in [-0.2, 0) is 11.3 Å². The minimum Gasteiger partial charge on any atom is -0.382 e. The molecule has 0 amide bonds. The van der Waals surface area contributed by atoms with Crippen LogP contribution in [0.2, 0.25) is 0 Å². The molecule has 0 spiro atoms. The third-order valence-electron chi connectivity index (χ3n) is 2.53. The molecule has 1 atom stereocenters. The Balaban J connectivity index is 3.05. The molecule has 1 aromatic heterocycles. The van der Waals surface area contributed by atoms with Crippen molar-refractivity contribution in [3.05, 3.63) is 11.4 Å². The van der Waals surface area contributed by atoms with E-state index in [1.165, 1.54) is 11.8 Å². The summed E-state index contributed by atoms with van der Waals surface area (Å²) in [5.41, 5.74) is 0.167. The quantitative estimate of drug-likeness (QED) is 0.795. The van der Waals surface area contributed by atoms with Crippen LogP contribution in [0, 0.1) is 0 Å². The normalized spacial score (nSPS) is 13.3. The smallest absolute Gasteiger partial charge is 0.281 e. The zero-order chi connectivity index (χ0) is 12.8. The molecule has 5 nitrogen and oxygen atoms in total. The van der Waals surface area contributed by atoms with Crippen molar-refractivity contribution in [3.63, 3.8) is 0 Å². The van der Waals surface area contributed by atoms with Gasteiger partial charge in [0.2, 0.25) is 0 Å². The van der Waals surface area contributed by atoms with Crippen molar-refractivity contribution in [2.45, 2.75) is 32.4 Å². The molecular weight excluding hydrogens is 230 g/mol. The summed E-state index contributed by atoms with van der Waals surface area (Å²) in [5.74, 6) is 0. The van der Waals surface area contributed by atoms with E-state index in [4.69, 9.17) is 4.74 Å². The molecule has 98 valence electrons. The standard InChI is InChI=1S/C10H18F2N4O/c1-4-7(6-17-3)16-9(10(11)12)8(5-13-2)14-15-16/h7,10,13H,4-6H2,1-3H3. The van der Waals surface area contributed by atoms with Crippen LogP contribution in [0.3, 0.4) is 0 Å². The maximum Gasteiger partial charge on any atom is 0.281 e. The van der Waals surface area contributed by atoms with Crippen LogP contribution in [0.15, 0.2) is 0 Å². The Hall–Kier alpha value is -1.08. The second-order valence-electron chi connectivity index (χ2n) is 3.71. The van der Waals surface area contributed by atoms with E-state index in [2.05, 4.69) is 15.6 Å². The molecule has 1 unspecified atom stereocenters. The highest BCUT2D eigenvalue weighted by Crippen LogP contribution is 2.25. The molecule has 0 bridgehead atoms. The SMILES string of the molecule is CCC(COC)n1nnc(CNC)c1C(F)F. The lowest BCUT2D eigenvalue weighted by molar-refractivity contribution is 0.113. The van der Waals surface area contributed by atoms with Crippen LogP contribution in [0.1, 0.15) is 37.2 Å². The Labute approximate surface area is 99.1 Å². The number of hydrogen-bond donors (Lipinski definition) is 1. The van der Waals surface area contributed by atoms with E-state index in [1.807, 2.05) is 6.92 Å². The average Bonchev–Trinajstić information content (AvgIpc) is 2.70. The molecule has 7 heteroatoms. The highest BCUT2D eigenvalue weighted by molar-refractivity contribution is 5.12. The van der Waals surface area contributed by atoms with Crippen molar-refractivity contribution in [2.24, 2.45) is 0 Å². The number of halogens is 2. The maximum atomic E-state index is 13.0. The van der Waals surface area contributed by atoms with Gasteiger partial charge >= 0.3 is 0 Å². The van der Waals surface area contributed by atoms with Crippen LogP contribution in [0.5, 0.6) is 0 Å². The Morgan fingerprint density at radius 2 is 2.18 bits per heavy atom. The van der Waals surface area contributed by atoms with E-state index >= 15 is 0 Å². The number of nitrogens with one attached hydrogen (secondary N) is 1. The summed E-state index contributed by atoms with van der Waals surface area (Å²) in [6.07, 6.45) is -1.92. The molecule has 0 fully saturated rings. The summed E-state index contributed by atoms with van der Waals surface area (Å²) in [5, 5.41) is 10.4. The number of rotatable bonds is 7. The molecule has 0 aromatic carbocycles. The number of hydrogen-bond acceptors (Lipinski definition) is 4. The summed E-state index contributed by atoms with van der Waals surface area (Å²) in [6, 6.07) is -0.206. The minimum absolute atomic E-state index is 0.122. The molecule has 0 aliphatic carbocycles. The molecule has 1 N–H and O–H groups in total. The first-order chi connectivity index (χ1) is 8.15. The molecule has 1 rings (SSSR count). The minimum atomic E-state index is -2.58. The first kappa shape index (κ1) is 14.0. The molecule has 17 heavy (non-hydrogen) atoms. The predicted molar refractivity (Wildman–Crippen MR) is 58.9 cm³/mol. The number of nitrogens with zero attached hydrogens (tertiary/aromatic N) is 3. The van der Waals surface area contributed by atoms with E-state index in [0.29, 0.717) is 13.0 Å². The number of alkyl halides is 2. The van der Waals surface area contributed by atoms with Gasteiger partial charge < -0.3 is 10.1 Å². The third-order valence-corrected chi connectivity index (χ3v) is 2.53. The fraction of sp³-hybridized carbons (Fsp3) is 0.800. The van der Waals surface area contributed by atoms with Crippen LogP contribution in [0.25, 0.3) is 0 Å². The average molecular weight is 248 g/mol. The van der Waals surface area contributed by atoms with Gasteiger partial charge in [0.25, 0.3) is 6.43 Å². The Bertz CT molecular complexity index is 343. The van der Waals surface area contributed by atoms with Gasteiger partial charge in [-0.2, -0.15) is 0 Å². The molecule has 0 radical (unpaired) electrons. The highest BCUT2D eigenvalue weighted by Gasteiger charge is 2.25. The molecule has 1 heterocycles. The topological polar surface area (TPSA) is 52.0 Å². The lowest BCUT2D eigenvalue weighted by Gasteiger charge is -2.16. The zero-order valence-electron chi connectivity index (χ0n) is 10.3. The van der Waals surface area contributed by atoms with Gasteiger partial charge in [-0.15, -0.1) is 5.10 Å². The molecule has 0 aliphatic heterocycles. The molecule has 0 aliphatic rings. The van der Waals surface area contributed by atoms with Crippen molar-refractivity contribution in [1.29, 1.82) is 0 Å². The van der Waals surface area contributed by atoms with Crippen molar-refractivity contribution in [1.82, 2.24) is 20.3 Å². The predicted octanol–water partition coefficient (Wildman–Crippen LogP) is 1.53. The summed E-state index contributed by atoms with van der Waals surface area (Å²) in [7, 11) is 3.22. The second-order valence-corrected chi connectivity index (χ2v) is 3.71. The van der Waals surface area contributed by atoms with Crippen molar-refractivity contribution in [2.75, 3.05) is 20.8 Å². The zero-order valence-corrected chi connectivity index (χ0v) is 10.3. The number of aromatic nitrogens is 3. The van der Waals surface area contributed by atoms with E-state index in [9.17, 15) is 8.78 Å². The molecule has 1 aromatic rings.